The zero-order valence-corrected chi connectivity index (χ0v) is 13.8. The van der Waals surface area contributed by atoms with Gasteiger partial charge in [-0.05, 0) is 39.9 Å². The first-order chi connectivity index (χ1) is 8.54. The van der Waals surface area contributed by atoms with Gasteiger partial charge in [0.15, 0.2) is 5.82 Å². The maximum absolute atomic E-state index is 13.9. The Balaban J connectivity index is 0.000000771. The molecule has 0 unspecified atom stereocenters. The van der Waals surface area contributed by atoms with Gasteiger partial charge in [0.1, 0.15) is 10.5 Å². The number of hydrogen-bond acceptors (Lipinski definition) is 3. The van der Waals surface area contributed by atoms with Gasteiger partial charge >= 0.3 is 0 Å². The maximum atomic E-state index is 13.9. The van der Waals surface area contributed by atoms with Crippen molar-refractivity contribution in [2.24, 2.45) is 0 Å². The number of fused-ring (bicyclic) bond motifs is 1. The van der Waals surface area contributed by atoms with Crippen molar-refractivity contribution in [3.8, 4) is 0 Å². The Bertz CT molecular complexity index is 581. The summed E-state index contributed by atoms with van der Waals surface area (Å²) in [5.74, 6) is -0.526. The smallest absolute Gasteiger partial charge is 0.215 e. The summed E-state index contributed by atoms with van der Waals surface area (Å²) in [6.07, 6.45) is 1.83. The van der Waals surface area contributed by atoms with Gasteiger partial charge in [0.25, 0.3) is 0 Å². The molecule has 0 atom stereocenters. The molecule has 2 rings (SSSR count). The molecule has 0 fully saturated rings. The van der Waals surface area contributed by atoms with Crippen LogP contribution in [0.25, 0.3) is 10.9 Å². The second-order valence-corrected chi connectivity index (χ2v) is 5.22. The van der Waals surface area contributed by atoms with Crippen LogP contribution in [0, 0.1) is 5.82 Å². The second-order valence-electron chi connectivity index (χ2n) is 2.88. The van der Waals surface area contributed by atoms with Crippen LogP contribution in [0.15, 0.2) is 15.6 Å². The third-order valence-electron chi connectivity index (χ3n) is 1.96. The summed E-state index contributed by atoms with van der Waals surface area (Å²) in [5, 5.41) is 1.46. The van der Waals surface area contributed by atoms with Gasteiger partial charge in [0.05, 0.1) is 9.50 Å². The van der Waals surface area contributed by atoms with Crippen LogP contribution in [0.3, 0.4) is 0 Å². The summed E-state index contributed by atoms with van der Waals surface area (Å²) in [7, 11) is 0. The fourth-order valence-electron chi connectivity index (χ4n) is 1.27. The first-order valence-corrected chi connectivity index (χ1v) is 7.86. The van der Waals surface area contributed by atoms with E-state index in [4.69, 9.17) is 23.2 Å². The van der Waals surface area contributed by atoms with Crippen LogP contribution < -0.4 is 0 Å². The fourth-order valence-corrected chi connectivity index (χ4v) is 2.54. The first kappa shape index (κ1) is 16.0. The number of benzene rings is 1. The van der Waals surface area contributed by atoms with Gasteiger partial charge in [0, 0.05) is 5.39 Å². The van der Waals surface area contributed by atoms with E-state index in [0.717, 1.165) is 0 Å². The standard InChI is InChI=1S/C9H4BrCl2FN2S.C2H6/c1-16-8-3-2-4(11)5(10)6(13)7(3)14-9(12)15-8;1-2/h2H,1H3;1-2H3. The number of rotatable bonds is 1. The van der Waals surface area contributed by atoms with E-state index < -0.39 is 5.82 Å². The number of thioether (sulfide) groups is 1. The molecule has 18 heavy (non-hydrogen) atoms. The predicted molar refractivity (Wildman–Crippen MR) is 80.3 cm³/mol. The summed E-state index contributed by atoms with van der Waals surface area (Å²) < 4.78 is 14.0. The van der Waals surface area contributed by atoms with Crippen molar-refractivity contribution in [1.82, 2.24) is 9.97 Å². The van der Waals surface area contributed by atoms with Crippen LogP contribution in [0.4, 0.5) is 4.39 Å². The van der Waals surface area contributed by atoms with E-state index in [1.165, 1.54) is 11.8 Å². The van der Waals surface area contributed by atoms with Crippen LogP contribution in [-0.2, 0) is 0 Å². The molecule has 1 heterocycles. The normalized spacial score (nSPS) is 10.2. The van der Waals surface area contributed by atoms with E-state index in [-0.39, 0.29) is 20.3 Å². The van der Waals surface area contributed by atoms with Crippen molar-refractivity contribution in [2.45, 2.75) is 18.9 Å². The highest BCUT2D eigenvalue weighted by Crippen LogP contribution is 2.35. The highest BCUT2D eigenvalue weighted by Gasteiger charge is 2.15. The minimum absolute atomic E-state index is 0.0185. The summed E-state index contributed by atoms with van der Waals surface area (Å²) in [6.45, 7) is 4.00. The lowest BCUT2D eigenvalue weighted by molar-refractivity contribution is 0.629. The molecule has 0 spiro atoms. The molecule has 98 valence electrons. The van der Waals surface area contributed by atoms with E-state index >= 15 is 0 Å². The third kappa shape index (κ3) is 3.07. The minimum atomic E-state index is -0.526. The van der Waals surface area contributed by atoms with Gasteiger partial charge < -0.3 is 0 Å². The Morgan fingerprint density at radius 2 is 1.89 bits per heavy atom. The molecule has 1 aromatic heterocycles. The summed E-state index contributed by atoms with van der Waals surface area (Å²) in [4.78, 5) is 7.87. The van der Waals surface area contributed by atoms with E-state index in [2.05, 4.69) is 25.9 Å². The number of halogens is 4. The Kier molecular flexibility index (Phi) is 6.11. The van der Waals surface area contributed by atoms with E-state index in [0.29, 0.717) is 10.4 Å². The number of nitrogens with zero attached hydrogens (tertiary/aromatic N) is 2. The van der Waals surface area contributed by atoms with Crippen LogP contribution in [-0.4, -0.2) is 16.2 Å². The molecule has 0 aliphatic rings. The molecule has 0 amide bonds. The molecule has 0 aliphatic carbocycles. The van der Waals surface area contributed by atoms with E-state index in [1.807, 2.05) is 20.1 Å². The van der Waals surface area contributed by atoms with E-state index in [1.54, 1.807) is 6.07 Å². The third-order valence-corrected chi connectivity index (χ3v) is 4.13. The van der Waals surface area contributed by atoms with Gasteiger partial charge in [-0.15, -0.1) is 11.8 Å². The molecular weight excluding hydrogens is 362 g/mol. The molecule has 2 nitrogen and oxygen atoms in total. The molecule has 1 aromatic carbocycles. The van der Waals surface area contributed by atoms with Crippen LogP contribution >= 0.6 is 50.9 Å². The first-order valence-electron chi connectivity index (χ1n) is 5.09. The summed E-state index contributed by atoms with van der Waals surface area (Å²) in [5.41, 5.74) is 0.167. The molecule has 7 heteroatoms. The van der Waals surface area contributed by atoms with E-state index in [9.17, 15) is 4.39 Å². The second kappa shape index (κ2) is 6.89. The maximum Gasteiger partial charge on any atom is 0.224 e. The Morgan fingerprint density at radius 1 is 1.28 bits per heavy atom. The molecule has 0 saturated carbocycles. The van der Waals surface area contributed by atoms with Crippen molar-refractivity contribution in [3.63, 3.8) is 0 Å². The average molecular weight is 372 g/mol. The number of hydrogen-bond donors (Lipinski definition) is 0. The topological polar surface area (TPSA) is 25.8 Å². The lowest BCUT2D eigenvalue weighted by atomic mass is 10.2. The van der Waals surface area contributed by atoms with Crippen molar-refractivity contribution >= 4 is 61.8 Å². The largest absolute Gasteiger partial charge is 0.224 e. The molecular formula is C11H10BrCl2FN2S. The zero-order valence-electron chi connectivity index (χ0n) is 9.89. The fraction of sp³-hybridized carbons (Fsp3) is 0.273. The van der Waals surface area contributed by atoms with Crippen molar-refractivity contribution < 1.29 is 4.39 Å². The monoisotopic (exact) mass is 370 g/mol. The highest BCUT2D eigenvalue weighted by atomic mass is 79.9. The van der Waals surface area contributed by atoms with Crippen molar-refractivity contribution in [1.29, 1.82) is 0 Å². The van der Waals surface area contributed by atoms with Gasteiger partial charge in [-0.25, -0.2) is 14.4 Å². The molecule has 0 saturated heterocycles. The highest BCUT2D eigenvalue weighted by molar-refractivity contribution is 9.10. The SMILES string of the molecule is CC.CSc1nc(Cl)nc2c(F)c(Br)c(Cl)cc12. The lowest BCUT2D eigenvalue weighted by Gasteiger charge is -2.06. The summed E-state index contributed by atoms with van der Waals surface area (Å²) >= 11 is 16.0. The van der Waals surface area contributed by atoms with Gasteiger partial charge in [-0.1, -0.05) is 25.4 Å². The van der Waals surface area contributed by atoms with Gasteiger partial charge in [0.2, 0.25) is 5.28 Å². The lowest BCUT2D eigenvalue weighted by Crippen LogP contribution is -1.93. The Morgan fingerprint density at radius 3 is 2.44 bits per heavy atom. The molecule has 0 bridgehead atoms. The summed E-state index contributed by atoms with van der Waals surface area (Å²) in [6, 6.07) is 1.62. The van der Waals surface area contributed by atoms with Crippen LogP contribution in [0.5, 0.6) is 0 Å². The molecule has 0 N–H and O–H groups in total. The molecule has 0 radical (unpaired) electrons. The minimum Gasteiger partial charge on any atom is -0.215 e. The Hall–Kier alpha value is -0.100. The average Bonchev–Trinajstić information content (AvgIpc) is 2.39. The van der Waals surface area contributed by atoms with Gasteiger partial charge in [-0.2, -0.15) is 0 Å². The van der Waals surface area contributed by atoms with Crippen LogP contribution in [0.2, 0.25) is 10.3 Å². The van der Waals surface area contributed by atoms with Crippen molar-refractivity contribution in [2.75, 3.05) is 6.26 Å². The van der Waals surface area contributed by atoms with Crippen LogP contribution in [0.1, 0.15) is 13.8 Å². The van der Waals surface area contributed by atoms with Gasteiger partial charge in [-0.3, -0.25) is 0 Å². The predicted octanol–water partition coefficient (Wildman–Crippen LogP) is 5.59. The van der Waals surface area contributed by atoms with Crippen molar-refractivity contribution in [3.05, 3.63) is 26.7 Å². The quantitative estimate of drug-likeness (QED) is 0.283. The zero-order chi connectivity index (χ0) is 13.9. The number of aromatic nitrogens is 2. The Labute approximate surface area is 127 Å². The molecule has 0 aliphatic heterocycles. The molecule has 2 aromatic rings.